The first kappa shape index (κ1) is 14.2. The number of likely N-dealkylation sites (tertiary alicyclic amines) is 1. The van der Waals surface area contributed by atoms with Gasteiger partial charge in [-0.15, -0.1) is 0 Å². The van der Waals surface area contributed by atoms with E-state index in [1.54, 1.807) is 23.1 Å². The number of carbonyl (C=O) groups excluding carboxylic acids is 1. The van der Waals surface area contributed by atoms with Gasteiger partial charge in [-0.2, -0.15) is 0 Å². The lowest BCUT2D eigenvalue weighted by molar-refractivity contribution is 0.0761. The summed E-state index contributed by atoms with van der Waals surface area (Å²) in [6.45, 7) is 1.86. The zero-order valence-corrected chi connectivity index (χ0v) is 12.2. The lowest BCUT2D eigenvalue weighted by atomic mass is 10.1. The van der Waals surface area contributed by atoms with E-state index in [4.69, 9.17) is 17.3 Å². The van der Waals surface area contributed by atoms with E-state index < -0.39 is 0 Å². The summed E-state index contributed by atoms with van der Waals surface area (Å²) in [4.78, 5) is 16.4. The third-order valence-electron chi connectivity index (χ3n) is 3.75. The van der Waals surface area contributed by atoms with Gasteiger partial charge < -0.3 is 15.5 Å². The molecule has 0 bridgehead atoms. The third-order valence-corrected chi connectivity index (χ3v) is 4.09. The maximum atomic E-state index is 12.3. The van der Waals surface area contributed by atoms with Gasteiger partial charge in [0.15, 0.2) is 0 Å². The molecule has 19 heavy (non-hydrogen) atoms. The molecule has 0 aromatic heterocycles. The zero-order valence-electron chi connectivity index (χ0n) is 11.4. The Morgan fingerprint density at radius 2 is 2.32 bits per heavy atom. The van der Waals surface area contributed by atoms with Crippen molar-refractivity contribution in [1.29, 1.82) is 0 Å². The standard InChI is InChI=1S/C14H20ClN3O/c1-17-7-3-4-11(17)9-18(2)14(19)10-5-6-12(15)13(16)8-10/h5-6,8,11H,3-4,7,9,16H2,1-2H3. The minimum atomic E-state index is -0.0105. The second-order valence-corrected chi connectivity index (χ2v) is 5.61. The monoisotopic (exact) mass is 281 g/mol. The molecule has 1 unspecified atom stereocenters. The number of carbonyl (C=O) groups is 1. The van der Waals surface area contributed by atoms with Crippen LogP contribution >= 0.6 is 11.6 Å². The van der Waals surface area contributed by atoms with Crippen LogP contribution in [0.3, 0.4) is 0 Å². The van der Waals surface area contributed by atoms with Gasteiger partial charge in [-0.1, -0.05) is 11.6 Å². The van der Waals surface area contributed by atoms with E-state index in [1.807, 2.05) is 7.05 Å². The van der Waals surface area contributed by atoms with Gasteiger partial charge >= 0.3 is 0 Å². The summed E-state index contributed by atoms with van der Waals surface area (Å²) in [6, 6.07) is 5.48. The number of likely N-dealkylation sites (N-methyl/N-ethyl adjacent to an activating group) is 2. The average Bonchev–Trinajstić information content (AvgIpc) is 2.77. The van der Waals surface area contributed by atoms with Gasteiger partial charge in [-0.3, -0.25) is 4.79 Å². The fraction of sp³-hybridized carbons (Fsp3) is 0.500. The highest BCUT2D eigenvalue weighted by atomic mass is 35.5. The first-order chi connectivity index (χ1) is 8.99. The predicted octanol–water partition coefficient (Wildman–Crippen LogP) is 2.09. The molecule has 1 aliphatic rings. The van der Waals surface area contributed by atoms with Crippen molar-refractivity contribution in [3.05, 3.63) is 28.8 Å². The van der Waals surface area contributed by atoms with Crippen LogP contribution in [-0.2, 0) is 0 Å². The normalized spacial score (nSPS) is 19.6. The summed E-state index contributed by atoms with van der Waals surface area (Å²) in [5.74, 6) is -0.0105. The smallest absolute Gasteiger partial charge is 0.253 e. The highest BCUT2D eigenvalue weighted by Gasteiger charge is 2.24. The Morgan fingerprint density at radius 1 is 1.58 bits per heavy atom. The molecular weight excluding hydrogens is 262 g/mol. The minimum absolute atomic E-state index is 0.0105. The quantitative estimate of drug-likeness (QED) is 0.863. The number of nitrogens with two attached hydrogens (primary N) is 1. The highest BCUT2D eigenvalue weighted by molar-refractivity contribution is 6.33. The molecular formula is C14H20ClN3O. The maximum absolute atomic E-state index is 12.3. The van der Waals surface area contributed by atoms with Gasteiger partial charge in [-0.25, -0.2) is 0 Å². The van der Waals surface area contributed by atoms with Crippen LogP contribution < -0.4 is 5.73 Å². The van der Waals surface area contributed by atoms with E-state index in [2.05, 4.69) is 11.9 Å². The van der Waals surface area contributed by atoms with E-state index in [9.17, 15) is 4.79 Å². The molecule has 0 radical (unpaired) electrons. The second-order valence-electron chi connectivity index (χ2n) is 5.20. The highest BCUT2D eigenvalue weighted by Crippen LogP contribution is 2.21. The molecule has 2 N–H and O–H groups in total. The number of hydrogen-bond donors (Lipinski definition) is 1. The van der Waals surface area contributed by atoms with Gasteiger partial charge in [0.25, 0.3) is 5.91 Å². The molecule has 104 valence electrons. The van der Waals surface area contributed by atoms with Crippen molar-refractivity contribution in [3.8, 4) is 0 Å². The molecule has 0 spiro atoms. The van der Waals surface area contributed by atoms with Crippen molar-refractivity contribution >= 4 is 23.2 Å². The number of nitrogen functional groups attached to an aromatic ring is 1. The predicted molar refractivity (Wildman–Crippen MR) is 78.5 cm³/mol. The molecule has 0 aliphatic carbocycles. The summed E-state index contributed by atoms with van der Waals surface area (Å²) in [5, 5.41) is 0.481. The lowest BCUT2D eigenvalue weighted by Crippen LogP contribution is -2.39. The Hall–Kier alpha value is -1.26. The molecule has 1 aromatic carbocycles. The number of rotatable bonds is 3. The molecule has 1 atom stereocenters. The van der Waals surface area contributed by atoms with E-state index in [0.29, 0.717) is 22.3 Å². The Bertz CT molecular complexity index is 478. The molecule has 1 heterocycles. The first-order valence-electron chi connectivity index (χ1n) is 6.50. The van der Waals surface area contributed by atoms with Crippen molar-refractivity contribution < 1.29 is 4.79 Å². The number of nitrogens with zero attached hydrogens (tertiary/aromatic N) is 2. The van der Waals surface area contributed by atoms with E-state index >= 15 is 0 Å². The van der Waals surface area contributed by atoms with E-state index in [0.717, 1.165) is 19.5 Å². The fourth-order valence-electron chi connectivity index (χ4n) is 2.51. The van der Waals surface area contributed by atoms with E-state index in [-0.39, 0.29) is 5.91 Å². The van der Waals surface area contributed by atoms with Crippen LogP contribution in [0.1, 0.15) is 23.2 Å². The van der Waals surface area contributed by atoms with Crippen LogP contribution in [0.2, 0.25) is 5.02 Å². The van der Waals surface area contributed by atoms with Crippen molar-refractivity contribution in [2.45, 2.75) is 18.9 Å². The maximum Gasteiger partial charge on any atom is 0.253 e. The van der Waals surface area contributed by atoms with Crippen LogP contribution in [0.4, 0.5) is 5.69 Å². The summed E-state index contributed by atoms with van der Waals surface area (Å²) in [6.07, 6.45) is 2.36. The molecule has 5 heteroatoms. The van der Waals surface area contributed by atoms with Crippen LogP contribution in [0.25, 0.3) is 0 Å². The number of benzene rings is 1. The fourth-order valence-corrected chi connectivity index (χ4v) is 2.62. The molecule has 1 aromatic rings. The molecule has 4 nitrogen and oxygen atoms in total. The van der Waals surface area contributed by atoms with Crippen molar-refractivity contribution in [2.24, 2.45) is 0 Å². The van der Waals surface area contributed by atoms with Gasteiger partial charge in [-0.05, 0) is 44.6 Å². The molecule has 2 rings (SSSR count). The van der Waals surface area contributed by atoms with Gasteiger partial charge in [0.1, 0.15) is 0 Å². The zero-order chi connectivity index (χ0) is 14.0. The first-order valence-corrected chi connectivity index (χ1v) is 6.87. The van der Waals surface area contributed by atoms with Crippen molar-refractivity contribution in [2.75, 3.05) is 32.9 Å². The minimum Gasteiger partial charge on any atom is -0.398 e. The number of anilines is 1. The van der Waals surface area contributed by atoms with Crippen LogP contribution in [-0.4, -0.2) is 48.9 Å². The van der Waals surface area contributed by atoms with Crippen LogP contribution in [0, 0.1) is 0 Å². The lowest BCUT2D eigenvalue weighted by Gasteiger charge is -2.26. The SMILES string of the molecule is CN(CC1CCCN1C)C(=O)c1ccc(Cl)c(N)c1. The molecule has 1 saturated heterocycles. The average molecular weight is 282 g/mol. The number of hydrogen-bond acceptors (Lipinski definition) is 3. The summed E-state index contributed by atoms with van der Waals surface area (Å²) in [5.41, 5.74) is 6.76. The molecule has 1 fully saturated rings. The van der Waals surface area contributed by atoms with Gasteiger partial charge in [0.2, 0.25) is 0 Å². The van der Waals surface area contributed by atoms with Gasteiger partial charge in [0.05, 0.1) is 10.7 Å². The molecule has 0 saturated carbocycles. The van der Waals surface area contributed by atoms with E-state index in [1.165, 1.54) is 6.42 Å². The number of halogens is 1. The third kappa shape index (κ3) is 3.19. The van der Waals surface area contributed by atoms with Crippen LogP contribution in [0.5, 0.6) is 0 Å². The molecule has 1 aliphatic heterocycles. The Labute approximate surface area is 119 Å². The molecule has 1 amide bonds. The largest absolute Gasteiger partial charge is 0.398 e. The van der Waals surface area contributed by atoms with Crippen molar-refractivity contribution in [1.82, 2.24) is 9.80 Å². The van der Waals surface area contributed by atoms with Crippen molar-refractivity contribution in [3.63, 3.8) is 0 Å². The summed E-state index contributed by atoms with van der Waals surface area (Å²) >= 11 is 5.86. The van der Waals surface area contributed by atoms with Crippen LogP contribution in [0.15, 0.2) is 18.2 Å². The second kappa shape index (κ2) is 5.80. The Morgan fingerprint density at radius 3 is 2.89 bits per heavy atom. The summed E-state index contributed by atoms with van der Waals surface area (Å²) in [7, 11) is 3.94. The Kier molecular flexibility index (Phi) is 4.32. The number of amides is 1. The Balaban J connectivity index is 2.03. The topological polar surface area (TPSA) is 49.6 Å². The van der Waals surface area contributed by atoms with Gasteiger partial charge in [0, 0.05) is 25.2 Å². The summed E-state index contributed by atoms with van der Waals surface area (Å²) < 4.78 is 0.